The first-order valence-corrected chi connectivity index (χ1v) is 9.48. The number of hydrogen-bond donors (Lipinski definition) is 0. The zero-order chi connectivity index (χ0) is 18.8. The molecule has 1 aliphatic rings. The monoisotopic (exact) mass is 363 g/mol. The second kappa shape index (κ2) is 7.39. The molecule has 1 fully saturated rings. The molecule has 3 heterocycles. The number of piperidine rings is 1. The van der Waals surface area contributed by atoms with E-state index in [4.69, 9.17) is 0 Å². The fourth-order valence-electron chi connectivity index (χ4n) is 3.77. The lowest BCUT2D eigenvalue weighted by Crippen LogP contribution is -2.40. The first-order chi connectivity index (χ1) is 13.1. The molecule has 0 bridgehead atoms. The lowest BCUT2D eigenvalue weighted by atomic mass is 9.96. The van der Waals surface area contributed by atoms with Crippen LogP contribution in [0.4, 0.5) is 0 Å². The summed E-state index contributed by atoms with van der Waals surface area (Å²) in [5, 5.41) is 4.53. The summed E-state index contributed by atoms with van der Waals surface area (Å²) in [6, 6.07) is 11.9. The Hall–Kier alpha value is -2.89. The van der Waals surface area contributed by atoms with Gasteiger partial charge in [-0.25, -0.2) is 4.98 Å². The van der Waals surface area contributed by atoms with Crippen LogP contribution in [0.1, 0.15) is 29.2 Å². The van der Waals surface area contributed by atoms with Crippen molar-refractivity contribution >= 4 is 5.91 Å². The maximum absolute atomic E-state index is 13.0. The first-order valence-electron chi connectivity index (χ1n) is 9.48. The van der Waals surface area contributed by atoms with Gasteiger partial charge < -0.3 is 9.47 Å². The molecule has 0 unspecified atom stereocenters. The highest BCUT2D eigenvalue weighted by Crippen LogP contribution is 2.23. The summed E-state index contributed by atoms with van der Waals surface area (Å²) < 4.78 is 3.90. The minimum absolute atomic E-state index is 0.0736. The second-order valence-electron chi connectivity index (χ2n) is 7.27. The van der Waals surface area contributed by atoms with Gasteiger partial charge in [0.05, 0.1) is 5.69 Å². The van der Waals surface area contributed by atoms with Crippen LogP contribution in [0.2, 0.25) is 0 Å². The molecule has 1 aliphatic heterocycles. The van der Waals surface area contributed by atoms with Gasteiger partial charge in [-0.15, -0.1) is 0 Å². The largest absolute Gasteiger partial charge is 0.337 e. The number of aryl methyl sites for hydroxylation is 2. The van der Waals surface area contributed by atoms with Crippen molar-refractivity contribution in [1.29, 1.82) is 0 Å². The number of benzene rings is 1. The normalized spacial score (nSPS) is 15.3. The quantitative estimate of drug-likeness (QED) is 0.715. The number of likely N-dealkylation sites (tertiary alicyclic amines) is 1. The highest BCUT2D eigenvalue weighted by Gasteiger charge is 2.26. The molecule has 0 N–H and O–H groups in total. The number of imidazole rings is 1. The Labute approximate surface area is 159 Å². The Morgan fingerprint density at radius 1 is 1.19 bits per heavy atom. The van der Waals surface area contributed by atoms with Gasteiger partial charge in [0.2, 0.25) is 0 Å². The summed E-state index contributed by atoms with van der Waals surface area (Å²) in [5.41, 5.74) is 2.52. The molecule has 140 valence electrons. The van der Waals surface area contributed by atoms with E-state index < -0.39 is 0 Å². The van der Waals surface area contributed by atoms with Gasteiger partial charge in [-0.05, 0) is 31.7 Å². The molecular formula is C21H25N5O. The summed E-state index contributed by atoms with van der Waals surface area (Å²) in [6.07, 6.45) is 5.92. The van der Waals surface area contributed by atoms with E-state index in [1.54, 1.807) is 4.68 Å². The molecule has 27 heavy (non-hydrogen) atoms. The zero-order valence-electron chi connectivity index (χ0n) is 15.9. The van der Waals surface area contributed by atoms with E-state index in [0.717, 1.165) is 49.6 Å². The SMILES string of the molecule is Cc1nccn1CC1CCN(C(=O)c2cc(-c3ccccc3)nn2C)CC1. The molecule has 3 aromatic rings. The molecular weight excluding hydrogens is 338 g/mol. The maximum atomic E-state index is 13.0. The van der Waals surface area contributed by atoms with Crippen molar-refractivity contribution in [1.82, 2.24) is 24.2 Å². The Balaban J connectivity index is 1.41. The van der Waals surface area contributed by atoms with Crippen molar-refractivity contribution < 1.29 is 4.79 Å². The van der Waals surface area contributed by atoms with Crippen molar-refractivity contribution in [3.8, 4) is 11.3 Å². The average molecular weight is 363 g/mol. The third kappa shape index (κ3) is 3.65. The van der Waals surface area contributed by atoms with Gasteiger partial charge >= 0.3 is 0 Å². The minimum atomic E-state index is 0.0736. The molecule has 4 rings (SSSR count). The molecule has 0 spiro atoms. The van der Waals surface area contributed by atoms with Crippen molar-refractivity contribution in [3.63, 3.8) is 0 Å². The van der Waals surface area contributed by atoms with Crippen molar-refractivity contribution in [2.45, 2.75) is 26.3 Å². The summed E-state index contributed by atoms with van der Waals surface area (Å²) in [6.45, 7) is 4.61. The Kier molecular flexibility index (Phi) is 4.79. The van der Waals surface area contributed by atoms with E-state index in [2.05, 4.69) is 14.6 Å². The fourth-order valence-corrected chi connectivity index (χ4v) is 3.77. The van der Waals surface area contributed by atoms with Gasteiger partial charge in [0.15, 0.2) is 0 Å². The second-order valence-corrected chi connectivity index (χ2v) is 7.27. The van der Waals surface area contributed by atoms with Crippen molar-refractivity contribution in [3.05, 3.63) is 60.3 Å². The topological polar surface area (TPSA) is 56.0 Å². The predicted molar refractivity (Wildman–Crippen MR) is 104 cm³/mol. The Morgan fingerprint density at radius 2 is 1.93 bits per heavy atom. The fraction of sp³-hybridized carbons (Fsp3) is 0.381. The van der Waals surface area contributed by atoms with E-state index in [1.165, 1.54) is 0 Å². The van der Waals surface area contributed by atoms with E-state index in [9.17, 15) is 4.79 Å². The number of rotatable bonds is 4. The van der Waals surface area contributed by atoms with Crippen molar-refractivity contribution in [2.24, 2.45) is 13.0 Å². The summed E-state index contributed by atoms with van der Waals surface area (Å²) in [4.78, 5) is 19.2. The van der Waals surface area contributed by atoms with Crippen LogP contribution in [0, 0.1) is 12.8 Å². The molecule has 2 aromatic heterocycles. The number of hydrogen-bond acceptors (Lipinski definition) is 3. The molecule has 6 heteroatoms. The van der Waals surface area contributed by atoms with Gasteiger partial charge in [-0.1, -0.05) is 30.3 Å². The molecule has 1 aromatic carbocycles. The van der Waals surface area contributed by atoms with Crippen LogP contribution in [-0.2, 0) is 13.6 Å². The van der Waals surface area contributed by atoms with E-state index in [1.807, 2.05) is 67.7 Å². The first kappa shape index (κ1) is 17.5. The third-order valence-corrected chi connectivity index (χ3v) is 5.45. The van der Waals surface area contributed by atoms with Crippen LogP contribution in [0.15, 0.2) is 48.8 Å². The molecule has 0 aliphatic carbocycles. The van der Waals surface area contributed by atoms with Crippen LogP contribution in [0.5, 0.6) is 0 Å². The van der Waals surface area contributed by atoms with Gasteiger partial charge in [0.1, 0.15) is 11.5 Å². The third-order valence-electron chi connectivity index (χ3n) is 5.45. The number of amides is 1. The molecule has 1 amide bonds. The zero-order valence-corrected chi connectivity index (χ0v) is 15.9. The summed E-state index contributed by atoms with van der Waals surface area (Å²) >= 11 is 0. The molecule has 0 saturated carbocycles. The number of carbonyl (C=O) groups excluding carboxylic acids is 1. The Bertz CT molecular complexity index is 919. The average Bonchev–Trinajstić information content (AvgIpc) is 3.28. The standard InChI is InChI=1S/C21H25N5O/c1-16-22-10-13-26(16)15-17-8-11-25(12-9-17)21(27)20-14-19(23-24(20)2)18-6-4-3-5-7-18/h3-7,10,13-14,17H,8-9,11-12,15H2,1-2H3. The van der Waals surface area contributed by atoms with E-state index >= 15 is 0 Å². The van der Waals surface area contributed by atoms with Crippen LogP contribution in [0.3, 0.4) is 0 Å². The number of nitrogens with zero attached hydrogens (tertiary/aromatic N) is 5. The maximum Gasteiger partial charge on any atom is 0.272 e. The lowest BCUT2D eigenvalue weighted by molar-refractivity contribution is 0.0671. The Morgan fingerprint density at radius 3 is 2.59 bits per heavy atom. The van der Waals surface area contributed by atoms with Gasteiger partial charge in [-0.2, -0.15) is 5.10 Å². The number of aromatic nitrogens is 4. The molecule has 0 atom stereocenters. The van der Waals surface area contributed by atoms with Gasteiger partial charge in [0, 0.05) is 44.6 Å². The molecule has 1 saturated heterocycles. The van der Waals surface area contributed by atoms with Crippen LogP contribution in [-0.4, -0.2) is 43.2 Å². The highest BCUT2D eigenvalue weighted by atomic mass is 16.2. The van der Waals surface area contributed by atoms with Gasteiger partial charge in [-0.3, -0.25) is 9.48 Å². The molecule has 6 nitrogen and oxygen atoms in total. The predicted octanol–water partition coefficient (Wildman–Crippen LogP) is 3.14. The highest BCUT2D eigenvalue weighted by molar-refractivity contribution is 5.93. The van der Waals surface area contributed by atoms with E-state index in [-0.39, 0.29) is 5.91 Å². The summed E-state index contributed by atoms with van der Waals surface area (Å²) in [5.74, 6) is 1.72. The van der Waals surface area contributed by atoms with Crippen LogP contribution in [0.25, 0.3) is 11.3 Å². The minimum Gasteiger partial charge on any atom is -0.337 e. The lowest BCUT2D eigenvalue weighted by Gasteiger charge is -2.32. The smallest absolute Gasteiger partial charge is 0.272 e. The van der Waals surface area contributed by atoms with E-state index in [0.29, 0.717) is 11.6 Å². The van der Waals surface area contributed by atoms with Gasteiger partial charge in [0.25, 0.3) is 5.91 Å². The molecule has 0 radical (unpaired) electrons. The number of carbonyl (C=O) groups is 1. The van der Waals surface area contributed by atoms with Crippen LogP contribution < -0.4 is 0 Å². The van der Waals surface area contributed by atoms with Crippen LogP contribution >= 0.6 is 0 Å². The summed E-state index contributed by atoms with van der Waals surface area (Å²) in [7, 11) is 1.84. The van der Waals surface area contributed by atoms with Crippen molar-refractivity contribution in [2.75, 3.05) is 13.1 Å².